The number of halogens is 1. The maximum absolute atomic E-state index is 6.27. The van der Waals surface area contributed by atoms with Crippen LogP contribution >= 0.6 is 11.6 Å². The summed E-state index contributed by atoms with van der Waals surface area (Å²) >= 11 is 6.27. The van der Waals surface area contributed by atoms with E-state index in [1.807, 2.05) is 36.4 Å². The van der Waals surface area contributed by atoms with E-state index >= 15 is 0 Å². The van der Waals surface area contributed by atoms with Crippen molar-refractivity contribution in [1.82, 2.24) is 9.80 Å². The largest absolute Gasteiger partial charge is 0.494 e. The summed E-state index contributed by atoms with van der Waals surface area (Å²) < 4.78 is 11.7. The minimum Gasteiger partial charge on any atom is -0.494 e. The molecule has 0 aliphatic carbocycles. The smallest absolute Gasteiger partial charge is 0.156 e. The van der Waals surface area contributed by atoms with E-state index < -0.39 is 0 Å². The molecule has 0 N–H and O–H groups in total. The van der Waals surface area contributed by atoms with Crippen molar-refractivity contribution in [3.05, 3.63) is 47.0 Å². The van der Waals surface area contributed by atoms with Crippen LogP contribution in [0.2, 0.25) is 5.02 Å². The molecule has 2 heterocycles. The Morgan fingerprint density at radius 3 is 2.64 bits per heavy atom. The lowest BCUT2D eigenvalue weighted by Gasteiger charge is -2.34. The summed E-state index contributed by atoms with van der Waals surface area (Å²) in [6.45, 7) is 3.81. The minimum atomic E-state index is 0.669. The van der Waals surface area contributed by atoms with Gasteiger partial charge in [0.15, 0.2) is 5.75 Å². The number of nitrogens with zero attached hydrogens (tertiary/aromatic N) is 3. The third kappa shape index (κ3) is 3.05. The highest BCUT2D eigenvalue weighted by molar-refractivity contribution is 6.31. The highest BCUT2D eigenvalue weighted by Gasteiger charge is 2.26. The van der Waals surface area contributed by atoms with Gasteiger partial charge in [-0.1, -0.05) is 17.7 Å². The fourth-order valence-electron chi connectivity index (χ4n) is 3.17. The van der Waals surface area contributed by atoms with E-state index in [-0.39, 0.29) is 0 Å². The molecule has 1 saturated heterocycles. The highest BCUT2D eigenvalue weighted by Crippen LogP contribution is 2.44. The first kappa shape index (κ1) is 16.2. The van der Waals surface area contributed by atoms with Crippen LogP contribution in [0, 0.1) is 0 Å². The molecule has 0 spiro atoms. The van der Waals surface area contributed by atoms with Gasteiger partial charge in [-0.05, 0) is 37.4 Å². The van der Waals surface area contributed by atoms with Gasteiger partial charge in [0.2, 0.25) is 0 Å². The fraction of sp³-hybridized carbons (Fsp3) is 0.316. The van der Waals surface area contributed by atoms with E-state index in [2.05, 4.69) is 16.8 Å². The second kappa shape index (κ2) is 6.58. The van der Waals surface area contributed by atoms with Gasteiger partial charge >= 0.3 is 0 Å². The summed E-state index contributed by atoms with van der Waals surface area (Å²) in [7, 11) is 3.79. The third-order valence-electron chi connectivity index (χ3n) is 4.60. The number of fused-ring (bicyclic) bond motifs is 2. The molecule has 1 fully saturated rings. The van der Waals surface area contributed by atoms with E-state index in [0.717, 1.165) is 43.3 Å². The lowest BCUT2D eigenvalue weighted by molar-refractivity contribution is 0.215. The number of para-hydroxylation sites is 1. The van der Waals surface area contributed by atoms with Crippen LogP contribution in [0.1, 0.15) is 5.56 Å². The number of ether oxygens (including phenoxy) is 2. The average molecular weight is 358 g/mol. The van der Waals surface area contributed by atoms with Gasteiger partial charge in [-0.3, -0.25) is 0 Å². The van der Waals surface area contributed by atoms with Gasteiger partial charge in [-0.2, -0.15) is 0 Å². The van der Waals surface area contributed by atoms with Crippen LogP contribution in [-0.2, 0) is 0 Å². The van der Waals surface area contributed by atoms with Crippen molar-refractivity contribution >= 4 is 23.1 Å². The molecule has 2 aromatic carbocycles. The number of benzene rings is 2. The monoisotopic (exact) mass is 357 g/mol. The quantitative estimate of drug-likeness (QED) is 0.778. The topological polar surface area (TPSA) is 37.3 Å². The zero-order valence-corrected chi connectivity index (χ0v) is 15.1. The van der Waals surface area contributed by atoms with E-state index in [0.29, 0.717) is 22.2 Å². The van der Waals surface area contributed by atoms with Gasteiger partial charge in [0.1, 0.15) is 23.0 Å². The number of amidine groups is 1. The number of aliphatic imine (C=N–C) groups is 1. The Hall–Kier alpha value is -2.24. The van der Waals surface area contributed by atoms with Crippen molar-refractivity contribution in [1.29, 1.82) is 0 Å². The van der Waals surface area contributed by atoms with Crippen molar-refractivity contribution in [2.75, 3.05) is 40.3 Å². The Bertz CT molecular complexity index is 829. The van der Waals surface area contributed by atoms with Crippen LogP contribution in [0.25, 0.3) is 0 Å². The predicted octanol–water partition coefficient (Wildman–Crippen LogP) is 3.78. The summed E-state index contributed by atoms with van der Waals surface area (Å²) in [5.41, 5.74) is 1.63. The molecule has 130 valence electrons. The lowest BCUT2D eigenvalue weighted by Crippen LogP contribution is -2.47. The Morgan fingerprint density at radius 1 is 1.08 bits per heavy atom. The first-order valence-corrected chi connectivity index (χ1v) is 8.70. The van der Waals surface area contributed by atoms with Gasteiger partial charge in [0, 0.05) is 31.2 Å². The van der Waals surface area contributed by atoms with Crippen molar-refractivity contribution in [2.45, 2.75) is 0 Å². The molecule has 0 atom stereocenters. The van der Waals surface area contributed by atoms with Gasteiger partial charge in [-0.25, -0.2) is 4.99 Å². The van der Waals surface area contributed by atoms with Gasteiger partial charge < -0.3 is 19.3 Å². The number of hydrogen-bond acceptors (Lipinski definition) is 5. The lowest BCUT2D eigenvalue weighted by atomic mass is 10.1. The molecule has 0 radical (unpaired) electrons. The number of hydrogen-bond donors (Lipinski definition) is 0. The molecule has 25 heavy (non-hydrogen) atoms. The fourth-order valence-corrected chi connectivity index (χ4v) is 3.34. The Balaban J connectivity index is 1.88. The normalized spacial score (nSPS) is 17.1. The zero-order valence-electron chi connectivity index (χ0n) is 14.3. The van der Waals surface area contributed by atoms with E-state index in [9.17, 15) is 0 Å². The SMILES string of the molecule is COc1cccc2c1N=C(N1CCN(C)CC1)c1cc(Cl)ccc1O2. The van der Waals surface area contributed by atoms with Gasteiger partial charge in [0.05, 0.1) is 12.7 Å². The summed E-state index contributed by atoms with van der Waals surface area (Å²) in [6.07, 6.45) is 0. The molecule has 6 heteroatoms. The van der Waals surface area contributed by atoms with E-state index in [1.165, 1.54) is 0 Å². The van der Waals surface area contributed by atoms with Gasteiger partial charge in [0.25, 0.3) is 0 Å². The molecule has 0 saturated carbocycles. The molecule has 0 amide bonds. The molecule has 2 aliphatic rings. The molecule has 2 aromatic rings. The van der Waals surface area contributed by atoms with Crippen LogP contribution in [0.3, 0.4) is 0 Å². The molecular formula is C19H20ClN3O2. The summed E-state index contributed by atoms with van der Waals surface area (Å²) in [6, 6.07) is 11.4. The molecule has 0 aromatic heterocycles. The van der Waals surface area contributed by atoms with Crippen molar-refractivity contribution < 1.29 is 9.47 Å². The van der Waals surface area contributed by atoms with Crippen LogP contribution in [0.5, 0.6) is 17.2 Å². The first-order valence-electron chi connectivity index (χ1n) is 8.32. The first-order chi connectivity index (χ1) is 12.2. The van der Waals surface area contributed by atoms with Crippen LogP contribution in [0.15, 0.2) is 41.4 Å². The van der Waals surface area contributed by atoms with E-state index in [4.69, 9.17) is 26.1 Å². The van der Waals surface area contributed by atoms with Crippen molar-refractivity contribution in [2.24, 2.45) is 4.99 Å². The van der Waals surface area contributed by atoms with Gasteiger partial charge in [-0.15, -0.1) is 0 Å². The zero-order chi connectivity index (χ0) is 17.4. The second-order valence-electron chi connectivity index (χ2n) is 6.28. The van der Waals surface area contributed by atoms with Crippen LogP contribution < -0.4 is 9.47 Å². The molecule has 0 bridgehead atoms. The van der Waals surface area contributed by atoms with Crippen molar-refractivity contribution in [3.63, 3.8) is 0 Å². The number of methoxy groups -OCH3 is 1. The maximum atomic E-state index is 6.27. The van der Waals surface area contributed by atoms with Crippen LogP contribution in [0.4, 0.5) is 5.69 Å². The minimum absolute atomic E-state index is 0.669. The summed E-state index contributed by atoms with van der Waals surface area (Å²) in [5.74, 6) is 3.03. The highest BCUT2D eigenvalue weighted by atomic mass is 35.5. The average Bonchev–Trinajstić information content (AvgIpc) is 2.78. The molecule has 2 aliphatic heterocycles. The third-order valence-corrected chi connectivity index (χ3v) is 4.84. The number of piperazine rings is 1. The Morgan fingerprint density at radius 2 is 1.88 bits per heavy atom. The Kier molecular flexibility index (Phi) is 4.27. The number of likely N-dealkylation sites (N-methyl/N-ethyl adjacent to an activating group) is 1. The second-order valence-corrected chi connectivity index (χ2v) is 6.71. The molecular weight excluding hydrogens is 338 g/mol. The number of rotatable bonds is 1. The molecule has 5 nitrogen and oxygen atoms in total. The van der Waals surface area contributed by atoms with Crippen molar-refractivity contribution in [3.8, 4) is 17.2 Å². The maximum Gasteiger partial charge on any atom is 0.156 e. The standard InChI is InChI=1S/C19H20ClN3O2/c1-22-8-10-23(11-9-22)19-14-12-13(20)6-7-15(14)25-17-5-3-4-16(24-2)18(17)21-19/h3-7,12H,8-11H2,1-2H3. The molecule has 4 rings (SSSR count). The summed E-state index contributed by atoms with van der Waals surface area (Å²) in [4.78, 5) is 9.57. The Labute approximate surface area is 152 Å². The molecule has 0 unspecified atom stereocenters. The summed E-state index contributed by atoms with van der Waals surface area (Å²) in [5, 5.41) is 0.669. The van der Waals surface area contributed by atoms with E-state index in [1.54, 1.807) is 7.11 Å². The van der Waals surface area contributed by atoms with Crippen LogP contribution in [-0.4, -0.2) is 56.0 Å². The predicted molar refractivity (Wildman–Crippen MR) is 99.8 cm³/mol.